The molecular formula is C23H20N2O4S. The maximum Gasteiger partial charge on any atom is 0.296 e. The summed E-state index contributed by atoms with van der Waals surface area (Å²) in [6.07, 6.45) is 0. The minimum absolute atomic E-state index is 0.000461. The largest absolute Gasteiger partial charge is 0.494 e. The number of H-pyrrole nitrogens is 1. The lowest BCUT2D eigenvalue weighted by atomic mass is 10.0. The number of aromatic hydroxyl groups is 1. The van der Waals surface area contributed by atoms with Gasteiger partial charge >= 0.3 is 0 Å². The van der Waals surface area contributed by atoms with E-state index in [0.717, 1.165) is 18.2 Å². The number of hydrogen-bond donors (Lipinski definition) is 2. The van der Waals surface area contributed by atoms with Crippen LogP contribution in [0.4, 0.5) is 5.69 Å². The van der Waals surface area contributed by atoms with E-state index in [1.165, 1.54) is 12.1 Å². The SMILES string of the molecule is COS(=O)(=O)c1ccc2[nH]c(O)c(C(=Nc3ccc(C)cc3)c3ccccc3)c2c1. The van der Waals surface area contributed by atoms with Crippen LogP contribution in [0, 0.1) is 6.92 Å². The van der Waals surface area contributed by atoms with Gasteiger partial charge in [0.05, 0.1) is 29.0 Å². The lowest BCUT2D eigenvalue weighted by Crippen LogP contribution is -2.04. The summed E-state index contributed by atoms with van der Waals surface area (Å²) in [6, 6.07) is 21.6. The summed E-state index contributed by atoms with van der Waals surface area (Å²) in [5.41, 5.74) is 4.15. The normalized spacial score (nSPS) is 12.4. The monoisotopic (exact) mass is 420 g/mol. The van der Waals surface area contributed by atoms with Gasteiger partial charge in [-0.2, -0.15) is 8.42 Å². The van der Waals surface area contributed by atoms with E-state index < -0.39 is 10.1 Å². The van der Waals surface area contributed by atoms with E-state index in [0.29, 0.717) is 27.9 Å². The molecule has 1 aromatic heterocycles. The molecule has 0 aliphatic carbocycles. The van der Waals surface area contributed by atoms with Crippen LogP contribution in [0.15, 0.2) is 82.7 Å². The highest BCUT2D eigenvalue weighted by Gasteiger charge is 2.21. The second-order valence-electron chi connectivity index (χ2n) is 6.84. The van der Waals surface area contributed by atoms with E-state index in [-0.39, 0.29) is 10.8 Å². The first kappa shape index (κ1) is 19.9. The maximum absolute atomic E-state index is 12.2. The van der Waals surface area contributed by atoms with Gasteiger partial charge in [0, 0.05) is 16.5 Å². The lowest BCUT2D eigenvalue weighted by molar-refractivity contribution is 0.398. The molecule has 0 saturated heterocycles. The molecule has 0 saturated carbocycles. The van der Waals surface area contributed by atoms with Crippen LogP contribution in [0.3, 0.4) is 0 Å². The van der Waals surface area contributed by atoms with Crippen molar-refractivity contribution >= 4 is 32.4 Å². The van der Waals surface area contributed by atoms with Crippen LogP contribution in [0.25, 0.3) is 10.9 Å². The van der Waals surface area contributed by atoms with E-state index >= 15 is 0 Å². The smallest absolute Gasteiger partial charge is 0.296 e. The number of rotatable bonds is 5. The molecular weight excluding hydrogens is 400 g/mol. The highest BCUT2D eigenvalue weighted by Crippen LogP contribution is 2.33. The highest BCUT2D eigenvalue weighted by molar-refractivity contribution is 7.86. The average molecular weight is 420 g/mol. The number of aryl methyl sites for hydroxylation is 1. The number of aromatic nitrogens is 1. The van der Waals surface area contributed by atoms with Gasteiger partial charge in [-0.3, -0.25) is 4.18 Å². The van der Waals surface area contributed by atoms with Gasteiger partial charge in [-0.1, -0.05) is 48.0 Å². The Bertz CT molecular complexity index is 1340. The summed E-state index contributed by atoms with van der Waals surface area (Å²) in [5, 5.41) is 11.3. The Hall–Kier alpha value is -3.42. The molecule has 0 aliphatic heterocycles. The molecule has 7 heteroatoms. The second kappa shape index (κ2) is 7.78. The molecule has 0 unspecified atom stereocenters. The average Bonchev–Trinajstić information content (AvgIpc) is 3.09. The molecule has 0 bridgehead atoms. The molecule has 0 spiro atoms. The molecule has 0 atom stereocenters. The molecule has 2 N–H and O–H groups in total. The van der Waals surface area contributed by atoms with Crippen LogP contribution in [-0.2, 0) is 14.3 Å². The zero-order valence-corrected chi connectivity index (χ0v) is 17.3. The van der Waals surface area contributed by atoms with E-state index in [1.807, 2.05) is 61.5 Å². The minimum atomic E-state index is -3.89. The van der Waals surface area contributed by atoms with Gasteiger partial charge in [0.25, 0.3) is 10.1 Å². The van der Waals surface area contributed by atoms with Gasteiger partial charge in [-0.25, -0.2) is 4.99 Å². The molecule has 0 amide bonds. The number of fused-ring (bicyclic) bond motifs is 1. The van der Waals surface area contributed by atoms with Crippen molar-refractivity contribution in [2.45, 2.75) is 11.8 Å². The fourth-order valence-corrected chi connectivity index (χ4v) is 3.95. The maximum atomic E-state index is 12.2. The number of nitrogens with zero attached hydrogens (tertiary/aromatic N) is 1. The molecule has 30 heavy (non-hydrogen) atoms. The molecule has 0 fully saturated rings. The van der Waals surface area contributed by atoms with Gasteiger partial charge in [-0.05, 0) is 37.3 Å². The quantitative estimate of drug-likeness (QED) is 0.362. The summed E-state index contributed by atoms with van der Waals surface area (Å²) in [4.78, 5) is 7.70. The first-order chi connectivity index (χ1) is 14.4. The van der Waals surface area contributed by atoms with Gasteiger partial charge in [-0.15, -0.1) is 0 Å². The van der Waals surface area contributed by atoms with E-state index in [1.54, 1.807) is 6.07 Å². The number of hydrogen-bond acceptors (Lipinski definition) is 5. The first-order valence-corrected chi connectivity index (χ1v) is 10.7. The van der Waals surface area contributed by atoms with Crippen molar-refractivity contribution < 1.29 is 17.7 Å². The van der Waals surface area contributed by atoms with Gasteiger partial charge in [0.2, 0.25) is 0 Å². The molecule has 4 rings (SSSR count). The molecule has 4 aromatic rings. The predicted octanol–water partition coefficient (Wildman–Crippen LogP) is 4.69. The second-order valence-corrected chi connectivity index (χ2v) is 8.55. The predicted molar refractivity (Wildman–Crippen MR) is 117 cm³/mol. The van der Waals surface area contributed by atoms with Crippen molar-refractivity contribution in [3.8, 4) is 5.88 Å². The lowest BCUT2D eigenvalue weighted by Gasteiger charge is -2.08. The minimum Gasteiger partial charge on any atom is -0.494 e. The molecule has 0 aliphatic rings. The summed E-state index contributed by atoms with van der Waals surface area (Å²) >= 11 is 0. The van der Waals surface area contributed by atoms with Gasteiger partial charge < -0.3 is 10.1 Å². The van der Waals surface area contributed by atoms with Crippen molar-refractivity contribution in [3.05, 3.63) is 89.5 Å². The van der Waals surface area contributed by atoms with Crippen molar-refractivity contribution in [3.63, 3.8) is 0 Å². The molecule has 3 aromatic carbocycles. The third-order valence-corrected chi connectivity index (χ3v) is 6.09. The fourth-order valence-electron chi connectivity index (χ4n) is 3.26. The molecule has 0 radical (unpaired) electrons. The Labute approximate surface area is 174 Å². The van der Waals surface area contributed by atoms with Crippen LogP contribution in [0.2, 0.25) is 0 Å². The van der Waals surface area contributed by atoms with Crippen LogP contribution < -0.4 is 0 Å². The van der Waals surface area contributed by atoms with Crippen molar-refractivity contribution in [1.82, 2.24) is 4.98 Å². The van der Waals surface area contributed by atoms with Gasteiger partial charge in [0.15, 0.2) is 5.88 Å². The summed E-state index contributed by atoms with van der Waals surface area (Å²) in [7, 11) is -2.77. The molecule has 1 heterocycles. The van der Waals surface area contributed by atoms with Crippen LogP contribution in [0.5, 0.6) is 5.88 Å². The first-order valence-electron chi connectivity index (χ1n) is 9.25. The van der Waals surface area contributed by atoms with Crippen molar-refractivity contribution in [2.24, 2.45) is 4.99 Å². The highest BCUT2D eigenvalue weighted by atomic mass is 32.2. The van der Waals surface area contributed by atoms with Crippen LogP contribution >= 0.6 is 0 Å². The number of benzene rings is 3. The Morgan fingerprint density at radius 1 is 1.00 bits per heavy atom. The summed E-state index contributed by atoms with van der Waals surface area (Å²) in [6.45, 7) is 1.99. The van der Waals surface area contributed by atoms with E-state index in [9.17, 15) is 13.5 Å². The summed E-state index contributed by atoms with van der Waals surface area (Å²) in [5.74, 6) is -0.0910. The zero-order valence-electron chi connectivity index (χ0n) is 16.5. The Kier molecular flexibility index (Phi) is 5.15. The number of aromatic amines is 1. The van der Waals surface area contributed by atoms with Crippen LogP contribution in [0.1, 0.15) is 16.7 Å². The summed E-state index contributed by atoms with van der Waals surface area (Å²) < 4.78 is 29.0. The van der Waals surface area contributed by atoms with E-state index in [2.05, 4.69) is 9.17 Å². The van der Waals surface area contributed by atoms with Gasteiger partial charge in [0.1, 0.15) is 0 Å². The third-order valence-electron chi connectivity index (χ3n) is 4.82. The molecule has 6 nitrogen and oxygen atoms in total. The fraction of sp³-hybridized carbons (Fsp3) is 0.0870. The Balaban J connectivity index is 2.00. The Morgan fingerprint density at radius 3 is 2.37 bits per heavy atom. The zero-order chi connectivity index (χ0) is 21.3. The number of aliphatic imine (C=N–C) groups is 1. The molecule has 152 valence electrons. The van der Waals surface area contributed by atoms with E-state index in [4.69, 9.17) is 4.99 Å². The number of nitrogens with one attached hydrogen (secondary N) is 1. The Morgan fingerprint density at radius 2 is 1.70 bits per heavy atom. The standard InChI is InChI=1S/C23H20N2O4S/c1-15-8-10-17(11-9-15)24-22(16-6-4-3-5-7-16)21-19-14-18(30(27,28)29-2)12-13-20(19)25-23(21)26/h3-14,25-26H,1-2H3. The topological polar surface area (TPSA) is 91.8 Å². The van der Waals surface area contributed by atoms with Crippen LogP contribution in [-0.4, -0.2) is 31.3 Å². The third kappa shape index (κ3) is 3.72. The van der Waals surface area contributed by atoms with Crippen molar-refractivity contribution in [1.29, 1.82) is 0 Å². The van der Waals surface area contributed by atoms with Crippen molar-refractivity contribution in [2.75, 3.05) is 7.11 Å².